The van der Waals surface area contributed by atoms with Crippen molar-refractivity contribution >= 4 is 27.1 Å². The Bertz CT molecular complexity index is 660. The highest BCUT2D eigenvalue weighted by Crippen LogP contribution is 2.60. The zero-order valence-electron chi connectivity index (χ0n) is 12.5. The molecule has 20 heavy (non-hydrogen) atoms. The van der Waals surface area contributed by atoms with E-state index in [0.29, 0.717) is 5.41 Å². The first-order valence-electron chi connectivity index (χ1n) is 7.56. The van der Waals surface area contributed by atoms with Crippen molar-refractivity contribution in [3.05, 3.63) is 29.1 Å². The summed E-state index contributed by atoms with van der Waals surface area (Å²) in [5.74, 6) is 0.920. The molecule has 3 heteroatoms. The summed E-state index contributed by atoms with van der Waals surface area (Å²) in [6.07, 6.45) is 1.41. The highest BCUT2D eigenvalue weighted by Gasteiger charge is 2.61. The number of piperidine rings is 1. The summed E-state index contributed by atoms with van der Waals surface area (Å²) < 4.78 is 1.44. The van der Waals surface area contributed by atoms with E-state index in [0.717, 1.165) is 5.92 Å². The number of hydrogen-bond acceptors (Lipinski definition) is 3. The molecule has 106 valence electrons. The molecule has 0 radical (unpaired) electrons. The summed E-state index contributed by atoms with van der Waals surface area (Å²) in [6.45, 7) is 6.08. The maximum absolute atomic E-state index is 2.61. The van der Waals surface area contributed by atoms with Crippen molar-refractivity contribution in [3.8, 4) is 0 Å². The normalized spacial score (nSPS) is 28.9. The van der Waals surface area contributed by atoms with Crippen LogP contribution in [0, 0.1) is 5.92 Å². The first-order valence-corrected chi connectivity index (χ1v) is 8.38. The fourth-order valence-electron chi connectivity index (χ4n) is 3.76. The average molecular weight is 286 g/mol. The van der Waals surface area contributed by atoms with Gasteiger partial charge in [-0.15, -0.1) is 11.3 Å². The highest BCUT2D eigenvalue weighted by molar-refractivity contribution is 7.19. The van der Waals surface area contributed by atoms with Crippen LogP contribution in [0.1, 0.15) is 18.2 Å². The molecule has 1 aliphatic heterocycles. The summed E-state index contributed by atoms with van der Waals surface area (Å²) in [4.78, 5) is 6.43. The van der Waals surface area contributed by atoms with E-state index in [2.05, 4.69) is 55.1 Å². The lowest BCUT2D eigenvalue weighted by molar-refractivity contribution is 0.315. The Kier molecular flexibility index (Phi) is 2.67. The predicted molar refractivity (Wildman–Crippen MR) is 88.1 cm³/mol. The summed E-state index contributed by atoms with van der Waals surface area (Å²) >= 11 is 2.02. The predicted octanol–water partition coefficient (Wildman–Crippen LogP) is 3.56. The van der Waals surface area contributed by atoms with Crippen LogP contribution in [0.5, 0.6) is 0 Å². The van der Waals surface area contributed by atoms with Crippen LogP contribution in [0.25, 0.3) is 10.1 Å². The number of benzene rings is 1. The third kappa shape index (κ3) is 1.73. The minimum atomic E-state index is 0.512. The summed E-state index contributed by atoms with van der Waals surface area (Å²) in [5.41, 5.74) is 1.81. The Balaban J connectivity index is 1.72. The van der Waals surface area contributed by atoms with Crippen molar-refractivity contribution in [1.29, 1.82) is 0 Å². The number of anilines is 1. The van der Waals surface area contributed by atoms with Gasteiger partial charge in [-0.3, -0.25) is 0 Å². The van der Waals surface area contributed by atoms with Gasteiger partial charge in [-0.25, -0.2) is 0 Å². The molecule has 0 amide bonds. The molecule has 2 atom stereocenters. The fourth-order valence-corrected chi connectivity index (χ4v) is 5.08. The molecule has 2 heterocycles. The highest BCUT2D eigenvalue weighted by atomic mass is 32.1. The van der Waals surface area contributed by atoms with Gasteiger partial charge < -0.3 is 9.80 Å². The maximum Gasteiger partial charge on any atom is 0.0368 e. The van der Waals surface area contributed by atoms with Crippen LogP contribution in [-0.4, -0.2) is 38.6 Å². The SMILES string of the molecule is CCN1CC2CC2(c2cc3cc(N(C)C)ccc3s2)C1. The van der Waals surface area contributed by atoms with E-state index in [1.165, 1.54) is 41.8 Å². The van der Waals surface area contributed by atoms with Gasteiger partial charge in [0.1, 0.15) is 0 Å². The average Bonchev–Trinajstić information content (AvgIpc) is 2.86. The van der Waals surface area contributed by atoms with Gasteiger partial charge in [0.25, 0.3) is 0 Å². The van der Waals surface area contributed by atoms with Gasteiger partial charge in [-0.2, -0.15) is 0 Å². The van der Waals surface area contributed by atoms with E-state index in [-0.39, 0.29) is 0 Å². The Hall–Kier alpha value is -1.06. The van der Waals surface area contributed by atoms with Crippen LogP contribution < -0.4 is 4.90 Å². The van der Waals surface area contributed by atoms with Gasteiger partial charge >= 0.3 is 0 Å². The number of nitrogens with zero attached hydrogens (tertiary/aromatic N) is 2. The summed E-state index contributed by atoms with van der Waals surface area (Å²) in [7, 11) is 4.22. The standard InChI is InChI=1S/C17H22N2S/c1-4-19-10-13-9-17(13,11-19)16-8-12-7-14(18(2)3)5-6-15(12)20-16/h5-8,13H,4,9-11H2,1-3H3. The molecule has 0 N–H and O–H groups in total. The van der Waals surface area contributed by atoms with Gasteiger partial charge in [0.05, 0.1) is 0 Å². The molecule has 4 rings (SSSR count). The van der Waals surface area contributed by atoms with E-state index in [1.54, 1.807) is 4.88 Å². The number of likely N-dealkylation sites (N-methyl/N-ethyl adjacent to an activating group) is 1. The monoisotopic (exact) mass is 286 g/mol. The van der Waals surface area contributed by atoms with E-state index in [4.69, 9.17) is 0 Å². The van der Waals surface area contributed by atoms with Crippen molar-refractivity contribution < 1.29 is 0 Å². The summed E-state index contributed by atoms with van der Waals surface area (Å²) in [5, 5.41) is 1.42. The van der Waals surface area contributed by atoms with Crippen LogP contribution in [-0.2, 0) is 5.41 Å². The molecule has 1 saturated carbocycles. The lowest BCUT2D eigenvalue weighted by Crippen LogP contribution is -2.25. The zero-order chi connectivity index (χ0) is 13.9. The molecule has 2 fully saturated rings. The van der Waals surface area contributed by atoms with Crippen LogP contribution in [0.2, 0.25) is 0 Å². The Morgan fingerprint density at radius 2 is 2.20 bits per heavy atom. The van der Waals surface area contributed by atoms with E-state index >= 15 is 0 Å². The molecule has 1 saturated heterocycles. The van der Waals surface area contributed by atoms with Gasteiger partial charge in [0.15, 0.2) is 0 Å². The van der Waals surface area contributed by atoms with E-state index < -0.39 is 0 Å². The van der Waals surface area contributed by atoms with E-state index in [1.807, 2.05) is 11.3 Å². The van der Waals surface area contributed by atoms with Crippen molar-refractivity contribution in [2.75, 3.05) is 38.6 Å². The molecule has 0 spiro atoms. The second-order valence-corrected chi connectivity index (χ2v) is 7.70. The second kappa shape index (κ2) is 4.22. The number of rotatable bonds is 3. The van der Waals surface area contributed by atoms with Gasteiger partial charge in [-0.05, 0) is 48.5 Å². The van der Waals surface area contributed by atoms with Crippen LogP contribution in [0.3, 0.4) is 0 Å². The third-order valence-corrected chi connectivity index (χ3v) is 6.51. The molecule has 0 bridgehead atoms. The van der Waals surface area contributed by atoms with Crippen LogP contribution in [0.4, 0.5) is 5.69 Å². The number of thiophene rings is 1. The van der Waals surface area contributed by atoms with Gasteiger partial charge in [0, 0.05) is 47.9 Å². The van der Waals surface area contributed by atoms with Crippen LogP contribution >= 0.6 is 11.3 Å². The first-order chi connectivity index (χ1) is 9.62. The lowest BCUT2D eigenvalue weighted by Gasteiger charge is -2.17. The van der Waals surface area contributed by atoms with Crippen molar-refractivity contribution in [2.45, 2.75) is 18.8 Å². The molecule has 2 aromatic rings. The largest absolute Gasteiger partial charge is 0.378 e. The zero-order valence-corrected chi connectivity index (χ0v) is 13.3. The number of likely N-dealkylation sites (tertiary alicyclic amines) is 1. The molecular weight excluding hydrogens is 264 g/mol. The van der Waals surface area contributed by atoms with Crippen molar-refractivity contribution in [3.63, 3.8) is 0 Å². The lowest BCUT2D eigenvalue weighted by atomic mass is 10.0. The third-order valence-electron chi connectivity index (χ3n) is 5.17. The van der Waals surface area contributed by atoms with Gasteiger partial charge in [-0.1, -0.05) is 6.92 Å². The quantitative estimate of drug-likeness (QED) is 0.851. The number of fused-ring (bicyclic) bond motifs is 2. The second-order valence-electron chi connectivity index (χ2n) is 6.61. The smallest absolute Gasteiger partial charge is 0.0368 e. The molecule has 2 nitrogen and oxygen atoms in total. The molecule has 1 aromatic carbocycles. The molecule has 2 aliphatic rings. The van der Waals surface area contributed by atoms with Crippen molar-refractivity contribution in [1.82, 2.24) is 4.90 Å². The first kappa shape index (κ1) is 12.7. The summed E-state index contributed by atoms with van der Waals surface area (Å²) in [6, 6.07) is 9.32. The molecule has 2 unspecified atom stereocenters. The Labute approximate surface area is 125 Å². The minimum Gasteiger partial charge on any atom is -0.378 e. The number of hydrogen-bond donors (Lipinski definition) is 0. The topological polar surface area (TPSA) is 6.48 Å². The van der Waals surface area contributed by atoms with E-state index in [9.17, 15) is 0 Å². The van der Waals surface area contributed by atoms with Crippen molar-refractivity contribution in [2.24, 2.45) is 5.92 Å². The molecule has 1 aliphatic carbocycles. The van der Waals surface area contributed by atoms with Gasteiger partial charge in [0.2, 0.25) is 0 Å². The fraction of sp³-hybridized carbons (Fsp3) is 0.529. The van der Waals surface area contributed by atoms with Crippen LogP contribution in [0.15, 0.2) is 24.3 Å². The maximum atomic E-state index is 2.61. The minimum absolute atomic E-state index is 0.512. The Morgan fingerprint density at radius 1 is 1.35 bits per heavy atom. The molecule has 1 aromatic heterocycles. The molecular formula is C17H22N2S. The Morgan fingerprint density at radius 3 is 2.90 bits per heavy atom.